The van der Waals surface area contributed by atoms with Gasteiger partial charge in [0.1, 0.15) is 11.6 Å². The lowest BCUT2D eigenvalue weighted by molar-refractivity contribution is -0.115. The topological polar surface area (TPSA) is 106 Å². The van der Waals surface area contributed by atoms with Crippen LogP contribution in [0.1, 0.15) is 30.3 Å². The number of benzene rings is 2. The summed E-state index contributed by atoms with van der Waals surface area (Å²) in [6, 6.07) is 12.0. The number of hydrogen-bond acceptors (Lipinski definition) is 7. The van der Waals surface area contributed by atoms with E-state index in [4.69, 9.17) is 5.73 Å². The zero-order valence-electron chi connectivity index (χ0n) is 17.1. The van der Waals surface area contributed by atoms with E-state index >= 15 is 0 Å². The van der Waals surface area contributed by atoms with Crippen LogP contribution in [-0.4, -0.2) is 26.1 Å². The Balaban J connectivity index is 1.35. The van der Waals surface area contributed by atoms with Gasteiger partial charge in [0.05, 0.1) is 11.0 Å². The molecule has 1 aliphatic rings. The van der Waals surface area contributed by atoms with E-state index in [-0.39, 0.29) is 28.9 Å². The first kappa shape index (κ1) is 21.0. The van der Waals surface area contributed by atoms with Gasteiger partial charge >= 0.3 is 0 Å². The molecule has 1 amide bonds. The van der Waals surface area contributed by atoms with Crippen molar-refractivity contribution in [2.75, 3.05) is 16.4 Å². The molecule has 31 heavy (non-hydrogen) atoms. The van der Waals surface area contributed by atoms with Gasteiger partial charge in [-0.2, -0.15) is 15.0 Å². The van der Waals surface area contributed by atoms with Crippen molar-refractivity contribution in [3.05, 3.63) is 65.2 Å². The molecule has 1 aromatic heterocycles. The van der Waals surface area contributed by atoms with Crippen LogP contribution in [0.4, 0.5) is 27.7 Å². The van der Waals surface area contributed by atoms with Crippen molar-refractivity contribution in [1.82, 2.24) is 15.0 Å². The van der Waals surface area contributed by atoms with Crippen LogP contribution in [0.5, 0.6) is 0 Å². The molecular weight excluding hydrogens is 415 g/mol. The Morgan fingerprint density at radius 1 is 1.10 bits per heavy atom. The molecule has 9 heteroatoms. The van der Waals surface area contributed by atoms with Crippen LogP contribution in [0.3, 0.4) is 0 Å². The normalized spacial score (nSPS) is 13.5. The summed E-state index contributed by atoms with van der Waals surface area (Å²) in [7, 11) is 0. The van der Waals surface area contributed by atoms with E-state index in [9.17, 15) is 9.18 Å². The van der Waals surface area contributed by atoms with Gasteiger partial charge in [-0.25, -0.2) is 4.39 Å². The number of nitrogen functional groups attached to an aromatic ring is 1. The fraction of sp³-hybridized carbons (Fsp3) is 0.273. The summed E-state index contributed by atoms with van der Waals surface area (Å²) >= 11 is 1.41. The van der Waals surface area contributed by atoms with Crippen LogP contribution in [0.25, 0.3) is 0 Å². The molecule has 0 saturated heterocycles. The lowest BCUT2D eigenvalue weighted by atomic mass is 10.1. The Hall–Kier alpha value is -3.20. The second-order valence-corrected chi connectivity index (χ2v) is 8.67. The molecule has 160 valence electrons. The van der Waals surface area contributed by atoms with Crippen molar-refractivity contribution >= 4 is 40.9 Å². The Bertz CT molecular complexity index is 1090. The quantitative estimate of drug-likeness (QED) is 0.510. The van der Waals surface area contributed by atoms with E-state index in [0.29, 0.717) is 17.3 Å². The summed E-state index contributed by atoms with van der Waals surface area (Å²) in [4.78, 5) is 25.1. The van der Waals surface area contributed by atoms with E-state index in [1.165, 1.54) is 41.4 Å². The Labute approximate surface area is 184 Å². The Morgan fingerprint density at radius 2 is 1.84 bits per heavy atom. The summed E-state index contributed by atoms with van der Waals surface area (Å²) < 4.78 is 13.1. The number of nitrogens with one attached hydrogen (secondary N) is 2. The average Bonchev–Trinajstić information content (AvgIpc) is 3.21. The van der Waals surface area contributed by atoms with Gasteiger partial charge in [0.15, 0.2) is 0 Å². The van der Waals surface area contributed by atoms with Crippen molar-refractivity contribution in [2.45, 2.75) is 37.2 Å². The number of hydrogen-bond donors (Lipinski definition) is 3. The first-order valence-corrected chi connectivity index (χ1v) is 11.1. The van der Waals surface area contributed by atoms with Crippen molar-refractivity contribution < 1.29 is 9.18 Å². The third-order valence-corrected chi connectivity index (χ3v) is 6.14. The predicted octanol–water partition coefficient (Wildman–Crippen LogP) is 4.09. The number of nitrogens with zero attached hydrogens (tertiary/aromatic N) is 3. The Kier molecular flexibility index (Phi) is 6.31. The third kappa shape index (κ3) is 5.49. The summed E-state index contributed by atoms with van der Waals surface area (Å²) in [5, 5.41) is 5.66. The molecule has 0 radical (unpaired) electrons. The number of nitrogens with two attached hydrogens (primary N) is 1. The van der Waals surface area contributed by atoms with E-state index in [1.807, 2.05) is 13.0 Å². The molecule has 3 aromatic rings. The molecule has 4 N–H and O–H groups in total. The van der Waals surface area contributed by atoms with Gasteiger partial charge in [-0.15, -0.1) is 11.8 Å². The molecule has 0 saturated carbocycles. The summed E-state index contributed by atoms with van der Waals surface area (Å²) in [6.07, 6.45) is 3.35. The smallest absolute Gasteiger partial charge is 0.237 e. The molecule has 0 aliphatic heterocycles. The number of amides is 1. The molecule has 0 fully saturated rings. The number of halogens is 1. The zero-order valence-corrected chi connectivity index (χ0v) is 17.9. The number of fused-ring (bicyclic) bond motifs is 1. The highest BCUT2D eigenvalue weighted by molar-refractivity contribution is 7.99. The number of aryl methyl sites for hydroxylation is 2. The second kappa shape index (κ2) is 9.30. The standard InChI is InChI=1S/C22H23FN6OS/c1-13(20(30)25-18-8-5-14-3-2-4-15(14)11-18)31-12-19-27-21(24)29-22(28-19)26-17-9-6-16(23)7-10-17/h5-11,13H,2-4,12H2,1H3,(H,25,30)(H3,24,26,27,28,29)/t13-/m1/s1. The van der Waals surface area contributed by atoms with Crippen molar-refractivity contribution in [1.29, 1.82) is 0 Å². The van der Waals surface area contributed by atoms with Gasteiger partial charge in [-0.1, -0.05) is 6.07 Å². The number of thioether (sulfide) groups is 1. The van der Waals surface area contributed by atoms with Crippen LogP contribution >= 0.6 is 11.8 Å². The first-order chi connectivity index (χ1) is 15.0. The van der Waals surface area contributed by atoms with E-state index in [0.717, 1.165) is 18.5 Å². The van der Waals surface area contributed by atoms with Crippen LogP contribution in [0.15, 0.2) is 42.5 Å². The summed E-state index contributed by atoms with van der Waals surface area (Å²) in [6.45, 7) is 1.84. The molecule has 0 bridgehead atoms. The molecule has 1 heterocycles. The lowest BCUT2D eigenvalue weighted by Gasteiger charge is -2.13. The third-order valence-electron chi connectivity index (χ3n) is 5.00. The molecule has 1 atom stereocenters. The monoisotopic (exact) mass is 438 g/mol. The van der Waals surface area contributed by atoms with Gasteiger partial charge in [-0.05, 0) is 73.7 Å². The summed E-state index contributed by atoms with van der Waals surface area (Å²) in [5.41, 5.74) is 9.95. The summed E-state index contributed by atoms with van der Waals surface area (Å²) in [5.74, 6) is 0.790. The molecular formula is C22H23FN6OS. The first-order valence-electron chi connectivity index (χ1n) is 10.0. The maximum Gasteiger partial charge on any atom is 0.237 e. The largest absolute Gasteiger partial charge is 0.368 e. The van der Waals surface area contributed by atoms with Crippen molar-refractivity contribution in [2.24, 2.45) is 0 Å². The fourth-order valence-electron chi connectivity index (χ4n) is 3.39. The van der Waals surface area contributed by atoms with E-state index in [1.54, 1.807) is 12.1 Å². The van der Waals surface area contributed by atoms with Crippen molar-refractivity contribution in [3.8, 4) is 0 Å². The van der Waals surface area contributed by atoms with Crippen LogP contribution in [-0.2, 0) is 23.4 Å². The van der Waals surface area contributed by atoms with Gasteiger partial charge in [0.25, 0.3) is 0 Å². The number of carbonyl (C=O) groups excluding carboxylic acids is 1. The van der Waals surface area contributed by atoms with Crippen LogP contribution < -0.4 is 16.4 Å². The Morgan fingerprint density at radius 3 is 2.65 bits per heavy atom. The van der Waals surface area contributed by atoms with E-state index < -0.39 is 0 Å². The minimum atomic E-state index is -0.329. The van der Waals surface area contributed by atoms with Crippen LogP contribution in [0, 0.1) is 5.82 Å². The number of rotatable bonds is 7. The molecule has 1 aliphatic carbocycles. The zero-order chi connectivity index (χ0) is 21.8. The molecule has 0 spiro atoms. The highest BCUT2D eigenvalue weighted by Crippen LogP contribution is 2.26. The fourth-order valence-corrected chi connectivity index (χ4v) is 4.13. The van der Waals surface area contributed by atoms with Crippen LogP contribution in [0.2, 0.25) is 0 Å². The highest BCUT2D eigenvalue weighted by Gasteiger charge is 2.17. The molecule has 0 unspecified atom stereocenters. The van der Waals surface area contributed by atoms with E-state index in [2.05, 4.69) is 37.7 Å². The molecule has 7 nitrogen and oxygen atoms in total. The number of anilines is 4. The maximum absolute atomic E-state index is 13.1. The van der Waals surface area contributed by atoms with Gasteiger partial charge < -0.3 is 16.4 Å². The van der Waals surface area contributed by atoms with Crippen molar-refractivity contribution in [3.63, 3.8) is 0 Å². The van der Waals surface area contributed by atoms with Gasteiger partial charge in [0, 0.05) is 11.4 Å². The molecule has 4 rings (SSSR count). The highest BCUT2D eigenvalue weighted by atomic mass is 32.2. The SMILES string of the molecule is C[C@@H](SCc1nc(N)nc(Nc2ccc(F)cc2)n1)C(=O)Nc1ccc2c(c1)CCC2. The number of aromatic nitrogens is 3. The molecule has 2 aromatic carbocycles. The lowest BCUT2D eigenvalue weighted by Crippen LogP contribution is -2.23. The second-order valence-electron chi connectivity index (χ2n) is 7.34. The van der Waals surface area contributed by atoms with Gasteiger partial charge in [0.2, 0.25) is 17.8 Å². The maximum atomic E-state index is 13.1. The average molecular weight is 439 g/mol. The minimum absolute atomic E-state index is 0.0744. The minimum Gasteiger partial charge on any atom is -0.368 e. The van der Waals surface area contributed by atoms with Gasteiger partial charge in [-0.3, -0.25) is 4.79 Å². The predicted molar refractivity (Wildman–Crippen MR) is 122 cm³/mol. The number of carbonyl (C=O) groups is 1.